The number of carbonyl (C=O) groups excluding carboxylic acids is 1. The Bertz CT molecular complexity index is 1290. The van der Waals surface area contributed by atoms with Crippen LogP contribution in [0.3, 0.4) is 0 Å². The van der Waals surface area contributed by atoms with E-state index in [0.717, 1.165) is 20.6 Å². The largest absolute Gasteiger partial charge is 0.493 e. The highest BCUT2D eigenvalue weighted by molar-refractivity contribution is 7.16. The van der Waals surface area contributed by atoms with Crippen molar-refractivity contribution in [2.75, 3.05) is 7.11 Å². The summed E-state index contributed by atoms with van der Waals surface area (Å²) in [5.74, 6) is 0.232. The van der Waals surface area contributed by atoms with Gasteiger partial charge in [0.25, 0.3) is 0 Å². The zero-order chi connectivity index (χ0) is 20.9. The maximum atomic E-state index is 12.2. The lowest BCUT2D eigenvalue weighted by Gasteiger charge is -2.09. The molecule has 0 fully saturated rings. The summed E-state index contributed by atoms with van der Waals surface area (Å²) < 4.78 is 13.9. The van der Waals surface area contributed by atoms with Crippen molar-refractivity contribution in [1.82, 2.24) is 9.55 Å². The van der Waals surface area contributed by atoms with Crippen molar-refractivity contribution in [1.29, 1.82) is 0 Å². The fraction of sp³-hybridized carbons (Fsp3) is 0.0909. The first kappa shape index (κ1) is 19.5. The highest BCUT2D eigenvalue weighted by atomic mass is 32.1. The van der Waals surface area contributed by atoms with Gasteiger partial charge in [-0.05, 0) is 48.0 Å². The molecule has 0 atom stereocenters. The van der Waals surface area contributed by atoms with E-state index >= 15 is 0 Å². The van der Waals surface area contributed by atoms with E-state index in [0.29, 0.717) is 17.1 Å². The molecular weight excluding hydrogens is 400 g/mol. The Morgan fingerprint density at radius 1 is 1.13 bits per heavy atom. The second kappa shape index (κ2) is 8.71. The van der Waals surface area contributed by atoms with Crippen LogP contribution in [-0.2, 0) is 7.05 Å². The number of benzene rings is 2. The summed E-state index contributed by atoms with van der Waals surface area (Å²) in [5.41, 5.74) is 2.23. The Kier molecular flexibility index (Phi) is 5.67. The molecule has 2 aromatic heterocycles. The van der Waals surface area contributed by atoms with Crippen molar-refractivity contribution >= 4 is 33.7 Å². The molecule has 2 aromatic carbocycles. The Labute approximate surface area is 176 Å². The van der Waals surface area contributed by atoms with E-state index in [2.05, 4.69) is 21.3 Å². The molecule has 4 aromatic rings. The van der Waals surface area contributed by atoms with E-state index in [1.54, 1.807) is 54.1 Å². The molecule has 0 N–H and O–H groups in total. The first-order chi connectivity index (χ1) is 14.7. The van der Waals surface area contributed by atoms with Crippen LogP contribution in [0.5, 0.6) is 11.5 Å². The predicted octanol–water partition coefficient (Wildman–Crippen LogP) is 3.80. The second-order valence-electron chi connectivity index (χ2n) is 6.30. The van der Waals surface area contributed by atoms with Gasteiger partial charge in [-0.25, -0.2) is 4.79 Å². The van der Waals surface area contributed by atoms with Crippen LogP contribution in [0, 0.1) is 0 Å². The Balaban J connectivity index is 1.55. The molecule has 4 rings (SSSR count). The molecule has 150 valence electrons. The molecule has 0 saturated carbocycles. The number of carbonyl (C=O) groups is 1. The molecule has 0 bridgehead atoms. The number of aryl methyl sites for hydroxylation is 1. The number of nitrogens with zero attached hydrogens (tertiary/aromatic N) is 4. The number of para-hydroxylation sites is 1. The van der Waals surface area contributed by atoms with Gasteiger partial charge in [0, 0.05) is 19.4 Å². The summed E-state index contributed by atoms with van der Waals surface area (Å²) >= 11 is 1.57. The van der Waals surface area contributed by atoms with Crippen LogP contribution in [-0.4, -0.2) is 28.8 Å². The van der Waals surface area contributed by atoms with Crippen molar-refractivity contribution in [3.05, 3.63) is 82.9 Å². The van der Waals surface area contributed by atoms with E-state index < -0.39 is 5.97 Å². The third kappa shape index (κ3) is 4.13. The van der Waals surface area contributed by atoms with Crippen LogP contribution >= 0.6 is 11.3 Å². The lowest BCUT2D eigenvalue weighted by atomic mass is 10.2. The minimum atomic E-state index is -0.505. The van der Waals surface area contributed by atoms with E-state index in [9.17, 15) is 4.79 Å². The number of esters is 1. The molecule has 2 heterocycles. The lowest BCUT2D eigenvalue weighted by molar-refractivity contribution is 0.0729. The SMILES string of the molecule is COc1cc(/C=N/N=c2\sc3ccccc3n2C)ccc1OC(=O)c1cccnc1. The first-order valence-corrected chi connectivity index (χ1v) is 9.89. The number of ether oxygens (including phenoxy) is 2. The maximum Gasteiger partial charge on any atom is 0.345 e. The van der Waals surface area contributed by atoms with Crippen LogP contribution in [0.1, 0.15) is 15.9 Å². The molecule has 0 aliphatic carbocycles. The van der Waals surface area contributed by atoms with Gasteiger partial charge in [0.05, 0.1) is 29.1 Å². The monoisotopic (exact) mass is 418 g/mol. The molecule has 0 saturated heterocycles. The number of hydrogen-bond acceptors (Lipinski definition) is 7. The van der Waals surface area contributed by atoms with Crippen molar-refractivity contribution in [3.8, 4) is 11.5 Å². The third-order valence-electron chi connectivity index (χ3n) is 4.35. The van der Waals surface area contributed by atoms with Gasteiger partial charge in [-0.1, -0.05) is 23.5 Å². The average molecular weight is 418 g/mol. The highest BCUT2D eigenvalue weighted by Crippen LogP contribution is 2.28. The zero-order valence-corrected chi connectivity index (χ0v) is 17.2. The fourth-order valence-corrected chi connectivity index (χ4v) is 3.79. The van der Waals surface area contributed by atoms with Crippen LogP contribution in [0.15, 0.2) is 77.2 Å². The van der Waals surface area contributed by atoms with Crippen molar-refractivity contribution in [2.24, 2.45) is 17.3 Å². The van der Waals surface area contributed by atoms with Gasteiger partial charge in [0.15, 0.2) is 11.5 Å². The number of pyridine rings is 1. The predicted molar refractivity (Wildman–Crippen MR) is 116 cm³/mol. The summed E-state index contributed by atoms with van der Waals surface area (Å²) in [4.78, 5) is 17.0. The molecule has 0 aliphatic heterocycles. The molecular formula is C22H18N4O3S. The van der Waals surface area contributed by atoms with Crippen LogP contribution in [0.4, 0.5) is 0 Å². The molecule has 0 amide bonds. The molecule has 30 heavy (non-hydrogen) atoms. The van der Waals surface area contributed by atoms with Gasteiger partial charge < -0.3 is 14.0 Å². The zero-order valence-electron chi connectivity index (χ0n) is 16.4. The number of fused-ring (bicyclic) bond motifs is 1. The molecule has 0 spiro atoms. The Morgan fingerprint density at radius 2 is 2.00 bits per heavy atom. The van der Waals surface area contributed by atoms with E-state index in [1.807, 2.05) is 29.8 Å². The molecule has 8 heteroatoms. The summed E-state index contributed by atoms with van der Waals surface area (Å²) in [7, 11) is 3.47. The lowest BCUT2D eigenvalue weighted by Crippen LogP contribution is -2.09. The van der Waals surface area contributed by atoms with Gasteiger partial charge in [0.2, 0.25) is 4.80 Å². The van der Waals surface area contributed by atoms with E-state index in [1.165, 1.54) is 13.3 Å². The van der Waals surface area contributed by atoms with Gasteiger partial charge in [0.1, 0.15) is 0 Å². The molecule has 0 unspecified atom stereocenters. The van der Waals surface area contributed by atoms with Gasteiger partial charge >= 0.3 is 5.97 Å². The van der Waals surface area contributed by atoms with Crippen LogP contribution < -0.4 is 14.3 Å². The van der Waals surface area contributed by atoms with Crippen molar-refractivity contribution in [3.63, 3.8) is 0 Å². The van der Waals surface area contributed by atoms with Crippen molar-refractivity contribution in [2.45, 2.75) is 0 Å². The fourth-order valence-electron chi connectivity index (χ4n) is 2.81. The Hall–Kier alpha value is -3.78. The minimum Gasteiger partial charge on any atom is -0.493 e. The first-order valence-electron chi connectivity index (χ1n) is 9.07. The summed E-state index contributed by atoms with van der Waals surface area (Å²) in [6, 6.07) is 16.6. The maximum absolute atomic E-state index is 12.2. The highest BCUT2D eigenvalue weighted by Gasteiger charge is 2.12. The number of hydrogen-bond donors (Lipinski definition) is 0. The van der Waals surface area contributed by atoms with Gasteiger partial charge in [-0.15, -0.1) is 5.10 Å². The molecule has 7 nitrogen and oxygen atoms in total. The summed E-state index contributed by atoms with van der Waals surface area (Å²) in [6.45, 7) is 0. The van der Waals surface area contributed by atoms with E-state index in [4.69, 9.17) is 9.47 Å². The standard InChI is InChI=1S/C22H18N4O3S/c1-26-17-7-3-4-8-20(17)30-22(26)25-24-13-15-9-10-18(19(12-15)28-2)29-21(27)16-6-5-11-23-14-16/h3-14H,1-2H3/b24-13+,25-22-. The van der Waals surface area contributed by atoms with Crippen molar-refractivity contribution < 1.29 is 14.3 Å². The molecule has 0 radical (unpaired) electrons. The van der Waals surface area contributed by atoms with E-state index in [-0.39, 0.29) is 0 Å². The number of rotatable bonds is 5. The van der Waals surface area contributed by atoms with Gasteiger partial charge in [-0.2, -0.15) is 5.10 Å². The second-order valence-corrected chi connectivity index (χ2v) is 7.31. The Morgan fingerprint density at radius 3 is 2.77 bits per heavy atom. The number of methoxy groups -OCH3 is 1. The third-order valence-corrected chi connectivity index (χ3v) is 5.46. The molecule has 0 aliphatic rings. The number of aromatic nitrogens is 2. The van der Waals surface area contributed by atoms with Gasteiger partial charge in [-0.3, -0.25) is 4.98 Å². The minimum absolute atomic E-state index is 0.316. The van der Waals surface area contributed by atoms with Crippen LogP contribution in [0.2, 0.25) is 0 Å². The number of thiazole rings is 1. The average Bonchev–Trinajstić information content (AvgIpc) is 3.11. The normalized spacial score (nSPS) is 11.9. The van der Waals surface area contributed by atoms with Crippen LogP contribution in [0.25, 0.3) is 10.2 Å². The topological polar surface area (TPSA) is 78.1 Å². The summed E-state index contributed by atoms with van der Waals surface area (Å²) in [5, 5.41) is 8.52. The smallest absolute Gasteiger partial charge is 0.345 e. The quantitative estimate of drug-likeness (QED) is 0.214. The summed E-state index contributed by atoms with van der Waals surface area (Å²) in [6.07, 6.45) is 4.67.